The van der Waals surface area contributed by atoms with Gasteiger partial charge in [0, 0.05) is 0 Å². The molecular formula is C24H41ScSi2. The first kappa shape index (κ1) is 22.0. The Bertz CT molecular complexity index is 677. The van der Waals surface area contributed by atoms with Gasteiger partial charge in [-0.3, -0.25) is 0 Å². The van der Waals surface area contributed by atoms with Crippen LogP contribution >= 0.6 is 0 Å². The third-order valence-electron chi connectivity index (χ3n) is 6.62. The molecule has 27 heavy (non-hydrogen) atoms. The van der Waals surface area contributed by atoms with Crippen LogP contribution in [0.1, 0.15) is 56.1 Å². The summed E-state index contributed by atoms with van der Waals surface area (Å²) in [6, 6.07) is 9.48. The van der Waals surface area contributed by atoms with Gasteiger partial charge in [0.05, 0.1) is 0 Å². The average molecular weight is 431 g/mol. The molecule has 0 nitrogen and oxygen atoms in total. The van der Waals surface area contributed by atoms with E-state index in [0.29, 0.717) is 0 Å². The van der Waals surface area contributed by atoms with Crippen LogP contribution in [0.25, 0.3) is 5.57 Å². The fraction of sp³-hybridized carbons (Fsp3) is 0.667. The molecule has 2 unspecified atom stereocenters. The number of rotatable bonds is 7. The quantitative estimate of drug-likeness (QED) is 0.380. The molecule has 0 aliphatic heterocycles. The maximum atomic E-state index is 2.64. The molecule has 148 valence electrons. The summed E-state index contributed by atoms with van der Waals surface area (Å²) in [5.41, 5.74) is 7.16. The zero-order chi connectivity index (χ0) is 19.8. The van der Waals surface area contributed by atoms with Crippen molar-refractivity contribution >= 4 is 21.7 Å². The molecule has 2 atom stereocenters. The number of hydrogen-bond donors (Lipinski definition) is 0. The van der Waals surface area contributed by atoms with Gasteiger partial charge >= 0.3 is 180 Å². The van der Waals surface area contributed by atoms with Gasteiger partial charge in [-0.05, 0) is 0 Å². The summed E-state index contributed by atoms with van der Waals surface area (Å²) in [5, 5.41) is 0. The summed E-state index contributed by atoms with van der Waals surface area (Å²) in [4.78, 5) is 0. The van der Waals surface area contributed by atoms with Gasteiger partial charge < -0.3 is 0 Å². The Morgan fingerprint density at radius 1 is 0.963 bits per heavy atom. The number of allylic oxidation sites excluding steroid dienone is 2. The van der Waals surface area contributed by atoms with Crippen LogP contribution in [0.4, 0.5) is 0 Å². The molecule has 1 aromatic carbocycles. The van der Waals surface area contributed by atoms with E-state index in [-0.39, 0.29) is 0 Å². The van der Waals surface area contributed by atoms with Crippen molar-refractivity contribution in [1.29, 1.82) is 0 Å². The number of fused-ring (bicyclic) bond motifs is 2. The zero-order valence-corrected chi connectivity index (χ0v) is 22.8. The van der Waals surface area contributed by atoms with E-state index < -0.39 is 37.6 Å². The molecule has 0 spiro atoms. The van der Waals surface area contributed by atoms with Gasteiger partial charge in [-0.2, -0.15) is 0 Å². The first-order valence-corrected chi connectivity index (χ1v) is 22.4. The molecule has 0 saturated heterocycles. The molecule has 0 radical (unpaired) electrons. The second-order valence-corrected chi connectivity index (χ2v) is 30.2. The topological polar surface area (TPSA) is 0 Å². The Labute approximate surface area is 178 Å². The van der Waals surface area contributed by atoms with E-state index in [0.717, 1.165) is 9.59 Å². The molecule has 0 N–H and O–H groups in total. The first-order valence-electron chi connectivity index (χ1n) is 11.4. The van der Waals surface area contributed by atoms with E-state index >= 15 is 0 Å². The van der Waals surface area contributed by atoms with Crippen molar-refractivity contribution in [3.8, 4) is 0 Å². The van der Waals surface area contributed by atoms with Crippen molar-refractivity contribution in [2.24, 2.45) is 0 Å². The van der Waals surface area contributed by atoms with Crippen molar-refractivity contribution in [2.45, 2.75) is 95.5 Å². The summed E-state index contributed by atoms with van der Waals surface area (Å²) < 4.78 is 4.46. The Hall–Kier alpha value is 0.264. The van der Waals surface area contributed by atoms with Gasteiger partial charge in [-0.1, -0.05) is 0 Å². The predicted octanol–water partition coefficient (Wildman–Crippen LogP) is 8.52. The SMILES string of the molecule is CCCC1C2=C(CCC[CH]2[Sc]([CH2][Si](C)(C)C)[CH2][Si](C)(C)C)c2ccccc21. The van der Waals surface area contributed by atoms with Gasteiger partial charge in [0.2, 0.25) is 0 Å². The van der Waals surface area contributed by atoms with Gasteiger partial charge in [0.15, 0.2) is 0 Å². The molecule has 0 aromatic heterocycles. The molecule has 2 aliphatic carbocycles. The minimum absolute atomic E-state index is 0.767. The van der Waals surface area contributed by atoms with Crippen molar-refractivity contribution in [3.05, 3.63) is 41.0 Å². The molecule has 0 bridgehead atoms. The van der Waals surface area contributed by atoms with Crippen LogP contribution in [-0.4, -0.2) is 16.1 Å². The van der Waals surface area contributed by atoms with Crippen LogP contribution in [0, 0.1) is 0 Å². The molecule has 0 fully saturated rings. The third-order valence-corrected chi connectivity index (χ3v) is 29.4. The summed E-state index contributed by atoms with van der Waals surface area (Å²) in [7, 11) is -1.97. The van der Waals surface area contributed by atoms with Crippen molar-refractivity contribution in [3.63, 3.8) is 0 Å². The minimum atomic E-state index is -1.36. The third kappa shape index (κ3) is 5.25. The second kappa shape index (κ2) is 8.56. The van der Waals surface area contributed by atoms with Crippen LogP contribution in [0.15, 0.2) is 29.8 Å². The van der Waals surface area contributed by atoms with E-state index in [1.807, 2.05) is 11.1 Å². The van der Waals surface area contributed by atoms with Gasteiger partial charge in [-0.25, -0.2) is 0 Å². The summed E-state index contributed by atoms with van der Waals surface area (Å²) >= 11 is -1.36. The average Bonchev–Trinajstić information content (AvgIpc) is 2.87. The molecule has 2 aliphatic rings. The van der Waals surface area contributed by atoms with Crippen molar-refractivity contribution in [2.75, 3.05) is 0 Å². The molecule has 3 rings (SSSR count). The molecular weight excluding hydrogens is 389 g/mol. The van der Waals surface area contributed by atoms with Crippen molar-refractivity contribution in [1.82, 2.24) is 0 Å². The molecule has 0 amide bonds. The van der Waals surface area contributed by atoms with Gasteiger partial charge in [-0.15, -0.1) is 0 Å². The van der Waals surface area contributed by atoms with Crippen LogP contribution in [-0.2, 0) is 21.4 Å². The fourth-order valence-corrected chi connectivity index (χ4v) is 32.3. The fourth-order valence-electron chi connectivity index (χ4n) is 6.04. The van der Waals surface area contributed by atoms with E-state index in [1.54, 1.807) is 18.7 Å². The number of benzene rings is 1. The monoisotopic (exact) mass is 430 g/mol. The second-order valence-electron chi connectivity index (χ2n) is 11.7. The van der Waals surface area contributed by atoms with Gasteiger partial charge in [0.25, 0.3) is 0 Å². The summed E-state index contributed by atoms with van der Waals surface area (Å²) in [5.74, 6) is 0.767. The normalized spacial score (nSPS) is 22.6. The molecule has 3 heteroatoms. The summed E-state index contributed by atoms with van der Waals surface area (Å²) in [6.45, 7) is 18.2. The number of hydrogen-bond acceptors (Lipinski definition) is 0. The Balaban J connectivity index is 2.02. The van der Waals surface area contributed by atoms with E-state index in [4.69, 9.17) is 0 Å². The predicted molar refractivity (Wildman–Crippen MR) is 125 cm³/mol. The Morgan fingerprint density at radius 3 is 2.19 bits per heavy atom. The van der Waals surface area contributed by atoms with Crippen LogP contribution in [0.3, 0.4) is 0 Å². The van der Waals surface area contributed by atoms with Gasteiger partial charge in [0.1, 0.15) is 0 Å². The van der Waals surface area contributed by atoms with Crippen LogP contribution in [0.5, 0.6) is 0 Å². The maximum absolute atomic E-state index is 2.64. The Kier molecular flexibility index (Phi) is 6.96. The van der Waals surface area contributed by atoms with E-state index in [9.17, 15) is 0 Å². The van der Waals surface area contributed by atoms with E-state index in [1.165, 1.54) is 32.1 Å². The molecule has 0 heterocycles. The van der Waals surface area contributed by atoms with Crippen molar-refractivity contribution < 1.29 is 21.4 Å². The summed E-state index contributed by atoms with van der Waals surface area (Å²) in [6.07, 6.45) is 7.05. The zero-order valence-electron chi connectivity index (χ0n) is 19.0. The molecule has 1 aromatic rings. The standard InChI is InChI=1S/C16H19.2C4H11Si.Sc/c1-2-7-12-13-8-3-5-10-15(13)16-11-6-4-9-14(12)16;2*1-5(2,3)4;/h3,5,8-10,12H,2,4,6-7,11H2,1H3;2*1H2,2-4H3;. The molecule has 0 saturated carbocycles. The van der Waals surface area contributed by atoms with Crippen LogP contribution < -0.4 is 0 Å². The van der Waals surface area contributed by atoms with Crippen LogP contribution in [0.2, 0.25) is 50.6 Å². The Morgan fingerprint density at radius 2 is 1.59 bits per heavy atom. The van der Waals surface area contributed by atoms with E-state index in [2.05, 4.69) is 70.5 Å². The first-order chi connectivity index (χ1) is 12.6.